The Balaban J connectivity index is 2.04. The third-order valence-electron chi connectivity index (χ3n) is 3.83. The fraction of sp³-hybridized carbons (Fsp3) is 0.250. The van der Waals surface area contributed by atoms with Crippen molar-refractivity contribution in [1.29, 1.82) is 0 Å². The van der Waals surface area contributed by atoms with E-state index in [2.05, 4.69) is 10.5 Å². The number of hydrazone groups is 1. The van der Waals surface area contributed by atoms with Crippen molar-refractivity contribution in [3.05, 3.63) is 62.7 Å². The third-order valence-corrected chi connectivity index (χ3v) is 4.11. The van der Waals surface area contributed by atoms with Crippen LogP contribution in [0.4, 0.5) is 5.69 Å². The predicted molar refractivity (Wildman–Crippen MR) is 113 cm³/mol. The van der Waals surface area contributed by atoms with Gasteiger partial charge in [-0.3, -0.25) is 14.9 Å². The number of carbonyl (C=O) groups excluding carboxylic acids is 2. The smallest absolute Gasteiger partial charge is 0.344 e. The van der Waals surface area contributed by atoms with Crippen molar-refractivity contribution < 1.29 is 28.7 Å². The number of nitrogens with one attached hydrogen (secondary N) is 1. The molecule has 0 spiro atoms. The first-order valence-corrected chi connectivity index (χ1v) is 9.43. The van der Waals surface area contributed by atoms with Gasteiger partial charge >= 0.3 is 5.97 Å². The number of halogens is 1. The minimum atomic E-state index is -0.550. The number of carbonyl (C=O) groups is 2. The van der Waals surface area contributed by atoms with Crippen LogP contribution in [-0.4, -0.2) is 43.3 Å². The second-order valence-electron chi connectivity index (χ2n) is 5.98. The van der Waals surface area contributed by atoms with E-state index in [0.29, 0.717) is 5.56 Å². The van der Waals surface area contributed by atoms with Crippen molar-refractivity contribution in [2.75, 3.05) is 20.3 Å². The highest BCUT2D eigenvalue weighted by Crippen LogP contribution is 2.36. The predicted octanol–water partition coefficient (Wildman–Crippen LogP) is 2.89. The maximum Gasteiger partial charge on any atom is 0.344 e. The molecule has 0 bridgehead atoms. The first-order valence-electron chi connectivity index (χ1n) is 9.05. The van der Waals surface area contributed by atoms with E-state index in [1.165, 1.54) is 37.6 Å². The van der Waals surface area contributed by atoms with Gasteiger partial charge in [-0.1, -0.05) is 29.8 Å². The van der Waals surface area contributed by atoms with Crippen LogP contribution in [0.25, 0.3) is 0 Å². The molecule has 2 aromatic carbocycles. The summed E-state index contributed by atoms with van der Waals surface area (Å²) in [6.45, 7) is 1.57. The SMILES string of the molecule is CCOC(=O)COc1c(Cl)cc(/C=N/NC(=O)Cc2ccccc2[N+](=O)[O-])cc1OC. The van der Waals surface area contributed by atoms with Crippen LogP contribution in [0.1, 0.15) is 18.1 Å². The molecule has 0 saturated carbocycles. The summed E-state index contributed by atoms with van der Waals surface area (Å²) in [6, 6.07) is 9.01. The average Bonchev–Trinajstić information content (AvgIpc) is 2.73. The van der Waals surface area contributed by atoms with E-state index < -0.39 is 16.8 Å². The third kappa shape index (κ3) is 6.96. The van der Waals surface area contributed by atoms with Crippen molar-refractivity contribution in [1.82, 2.24) is 5.43 Å². The monoisotopic (exact) mass is 449 g/mol. The molecular weight excluding hydrogens is 430 g/mol. The van der Waals surface area contributed by atoms with Crippen LogP contribution < -0.4 is 14.9 Å². The molecule has 0 aliphatic heterocycles. The van der Waals surface area contributed by atoms with Crippen molar-refractivity contribution in [2.45, 2.75) is 13.3 Å². The zero-order valence-electron chi connectivity index (χ0n) is 16.8. The molecule has 0 aliphatic rings. The lowest BCUT2D eigenvalue weighted by Crippen LogP contribution is -2.20. The van der Waals surface area contributed by atoms with Crippen LogP contribution in [0, 0.1) is 10.1 Å². The minimum Gasteiger partial charge on any atom is -0.493 e. The fourth-order valence-electron chi connectivity index (χ4n) is 2.52. The molecule has 1 amide bonds. The molecule has 0 heterocycles. The molecule has 0 radical (unpaired) electrons. The number of para-hydroxylation sites is 1. The molecular formula is C20H20ClN3O7. The fourth-order valence-corrected chi connectivity index (χ4v) is 2.79. The highest BCUT2D eigenvalue weighted by atomic mass is 35.5. The van der Waals surface area contributed by atoms with Gasteiger partial charge in [-0.05, 0) is 24.6 Å². The van der Waals surface area contributed by atoms with E-state index >= 15 is 0 Å². The summed E-state index contributed by atoms with van der Waals surface area (Å²) in [7, 11) is 1.40. The standard InChI is InChI=1S/C20H20ClN3O7/c1-3-30-19(26)12-31-20-15(21)8-13(9-17(20)29-2)11-22-23-18(25)10-14-6-4-5-7-16(14)24(27)28/h4-9,11H,3,10,12H2,1-2H3,(H,23,25)/b22-11+. The number of benzene rings is 2. The molecule has 2 rings (SSSR count). The number of hydrogen-bond donors (Lipinski definition) is 1. The Kier molecular flexibility index (Phi) is 8.77. The van der Waals surface area contributed by atoms with Crippen LogP contribution in [0.2, 0.25) is 5.02 Å². The summed E-state index contributed by atoms with van der Waals surface area (Å²) in [4.78, 5) is 34.0. The Morgan fingerprint density at radius 2 is 2.03 bits per heavy atom. The number of methoxy groups -OCH3 is 1. The highest BCUT2D eigenvalue weighted by molar-refractivity contribution is 6.32. The highest BCUT2D eigenvalue weighted by Gasteiger charge is 2.16. The molecule has 2 aromatic rings. The molecule has 1 N–H and O–H groups in total. The lowest BCUT2D eigenvalue weighted by molar-refractivity contribution is -0.385. The average molecular weight is 450 g/mol. The normalized spacial score (nSPS) is 10.5. The summed E-state index contributed by atoms with van der Waals surface area (Å²) in [5, 5.41) is 15.0. The van der Waals surface area contributed by atoms with Crippen molar-refractivity contribution >= 4 is 35.4 Å². The van der Waals surface area contributed by atoms with E-state index in [4.69, 9.17) is 25.8 Å². The maximum absolute atomic E-state index is 12.1. The van der Waals surface area contributed by atoms with Gasteiger partial charge in [0, 0.05) is 11.6 Å². The van der Waals surface area contributed by atoms with Gasteiger partial charge in [0.05, 0.1) is 36.3 Å². The van der Waals surface area contributed by atoms with E-state index in [1.54, 1.807) is 19.1 Å². The maximum atomic E-state index is 12.1. The number of esters is 1. The van der Waals surface area contributed by atoms with Crippen LogP contribution in [0.3, 0.4) is 0 Å². The van der Waals surface area contributed by atoms with Crippen molar-refractivity contribution in [3.63, 3.8) is 0 Å². The number of ether oxygens (including phenoxy) is 3. The number of amides is 1. The van der Waals surface area contributed by atoms with Crippen molar-refractivity contribution in [2.24, 2.45) is 5.10 Å². The Labute approximate surface area is 182 Å². The summed E-state index contributed by atoms with van der Waals surface area (Å²) in [6.07, 6.45) is 1.11. The van der Waals surface area contributed by atoms with E-state index in [9.17, 15) is 19.7 Å². The van der Waals surface area contributed by atoms with Gasteiger partial charge in [-0.2, -0.15) is 5.10 Å². The number of nitro groups is 1. The van der Waals surface area contributed by atoms with Crippen LogP contribution in [-0.2, 0) is 20.7 Å². The second-order valence-corrected chi connectivity index (χ2v) is 6.39. The number of rotatable bonds is 10. The molecule has 0 aromatic heterocycles. The molecule has 0 aliphatic carbocycles. The topological polar surface area (TPSA) is 129 Å². The Morgan fingerprint density at radius 3 is 2.71 bits per heavy atom. The van der Waals surface area contributed by atoms with Gasteiger partial charge in [0.15, 0.2) is 18.1 Å². The molecule has 10 nitrogen and oxygen atoms in total. The number of nitro benzene ring substituents is 1. The van der Waals surface area contributed by atoms with Gasteiger partial charge < -0.3 is 14.2 Å². The molecule has 11 heteroatoms. The minimum absolute atomic E-state index is 0.142. The Hall–Kier alpha value is -3.66. The first-order chi connectivity index (χ1) is 14.8. The lowest BCUT2D eigenvalue weighted by atomic mass is 10.1. The quantitative estimate of drug-likeness (QED) is 0.255. The van der Waals surface area contributed by atoms with E-state index in [0.717, 1.165) is 0 Å². The first kappa shape index (κ1) is 23.6. The largest absolute Gasteiger partial charge is 0.493 e. The van der Waals surface area contributed by atoms with Crippen LogP contribution in [0.5, 0.6) is 11.5 Å². The van der Waals surface area contributed by atoms with Crippen LogP contribution in [0.15, 0.2) is 41.5 Å². The summed E-state index contributed by atoms with van der Waals surface area (Å²) in [5.74, 6) is -0.662. The van der Waals surface area contributed by atoms with Crippen LogP contribution >= 0.6 is 11.6 Å². The zero-order chi connectivity index (χ0) is 22.8. The molecule has 164 valence electrons. The molecule has 0 atom stereocenters. The molecule has 0 saturated heterocycles. The van der Waals surface area contributed by atoms with E-state index in [-0.39, 0.29) is 47.4 Å². The van der Waals surface area contributed by atoms with Gasteiger partial charge in [-0.15, -0.1) is 0 Å². The number of hydrogen-bond acceptors (Lipinski definition) is 8. The Morgan fingerprint density at radius 1 is 1.29 bits per heavy atom. The second kappa shape index (κ2) is 11.5. The lowest BCUT2D eigenvalue weighted by Gasteiger charge is -2.12. The van der Waals surface area contributed by atoms with Gasteiger partial charge in [0.25, 0.3) is 5.69 Å². The summed E-state index contributed by atoms with van der Waals surface area (Å²) in [5.41, 5.74) is 2.91. The Bertz CT molecular complexity index is 995. The van der Waals surface area contributed by atoms with Gasteiger partial charge in [0.2, 0.25) is 5.91 Å². The zero-order valence-corrected chi connectivity index (χ0v) is 17.5. The molecule has 31 heavy (non-hydrogen) atoms. The summed E-state index contributed by atoms with van der Waals surface area (Å²) < 4.78 is 15.4. The molecule has 0 fully saturated rings. The van der Waals surface area contributed by atoms with Gasteiger partial charge in [0.1, 0.15) is 0 Å². The molecule has 0 unspecified atom stereocenters. The van der Waals surface area contributed by atoms with Gasteiger partial charge in [-0.25, -0.2) is 10.2 Å². The summed E-state index contributed by atoms with van der Waals surface area (Å²) >= 11 is 6.20. The van der Waals surface area contributed by atoms with Crippen molar-refractivity contribution in [3.8, 4) is 11.5 Å². The van der Waals surface area contributed by atoms with E-state index in [1.807, 2.05) is 0 Å². The number of nitrogens with zero attached hydrogens (tertiary/aromatic N) is 2.